The molecule has 1 amide bonds. The van der Waals surface area contributed by atoms with Gasteiger partial charge in [-0.2, -0.15) is 0 Å². The topological polar surface area (TPSA) is 84.5 Å². The van der Waals surface area contributed by atoms with E-state index in [4.69, 9.17) is 11.6 Å². The number of nitrogens with zero attached hydrogens (tertiary/aromatic N) is 3. The van der Waals surface area contributed by atoms with Gasteiger partial charge in [-0.25, -0.2) is 9.59 Å². The summed E-state index contributed by atoms with van der Waals surface area (Å²) in [5, 5.41) is 9.81. The van der Waals surface area contributed by atoms with Crippen LogP contribution < -0.4 is 5.69 Å². The number of imidazole rings is 1. The highest BCUT2D eigenvalue weighted by atomic mass is 35.5. The fourth-order valence-electron chi connectivity index (χ4n) is 4.65. The number of likely N-dealkylation sites (tertiary alicyclic amines) is 1. The zero-order chi connectivity index (χ0) is 24.5. The first-order valence-electron chi connectivity index (χ1n) is 11.5. The quantitative estimate of drug-likeness (QED) is 0.435. The lowest BCUT2D eigenvalue weighted by atomic mass is 10.1. The van der Waals surface area contributed by atoms with E-state index in [1.165, 1.54) is 6.07 Å². The molecule has 35 heavy (non-hydrogen) atoms. The van der Waals surface area contributed by atoms with Crippen LogP contribution in [0.15, 0.2) is 71.5 Å². The van der Waals surface area contributed by atoms with Gasteiger partial charge >= 0.3 is 11.7 Å². The Morgan fingerprint density at radius 2 is 1.60 bits per heavy atom. The number of aromatic nitrogens is 2. The highest BCUT2D eigenvalue weighted by Gasteiger charge is 2.20. The Morgan fingerprint density at radius 1 is 0.857 bits per heavy atom. The van der Waals surface area contributed by atoms with Gasteiger partial charge in [0.05, 0.1) is 28.8 Å². The van der Waals surface area contributed by atoms with Crippen LogP contribution in [0.5, 0.6) is 0 Å². The Morgan fingerprint density at radius 3 is 2.31 bits per heavy atom. The number of benzene rings is 3. The van der Waals surface area contributed by atoms with Crippen LogP contribution in [0, 0.1) is 0 Å². The average molecular weight is 490 g/mol. The van der Waals surface area contributed by atoms with E-state index in [9.17, 15) is 19.5 Å². The van der Waals surface area contributed by atoms with Gasteiger partial charge in [0.2, 0.25) is 0 Å². The first-order valence-corrected chi connectivity index (χ1v) is 11.9. The number of piperidine rings is 1. The summed E-state index contributed by atoms with van der Waals surface area (Å²) in [6, 6.07) is 18.8. The summed E-state index contributed by atoms with van der Waals surface area (Å²) in [6.45, 7) is 1.75. The Labute approximate surface area is 206 Å². The molecule has 0 radical (unpaired) electrons. The van der Waals surface area contributed by atoms with Crippen LogP contribution in [0.1, 0.15) is 45.5 Å². The molecule has 0 saturated carbocycles. The zero-order valence-electron chi connectivity index (χ0n) is 19.0. The van der Waals surface area contributed by atoms with Crippen LogP contribution in [0.3, 0.4) is 0 Å². The van der Waals surface area contributed by atoms with Gasteiger partial charge in [0.25, 0.3) is 5.91 Å². The average Bonchev–Trinajstić information content (AvgIpc) is 3.14. The molecule has 1 aliphatic heterocycles. The summed E-state index contributed by atoms with van der Waals surface area (Å²) in [4.78, 5) is 39.7. The van der Waals surface area contributed by atoms with Crippen molar-refractivity contribution in [2.45, 2.75) is 25.8 Å². The molecular formula is C27H24ClN3O4. The molecule has 8 heteroatoms. The second-order valence-corrected chi connectivity index (χ2v) is 9.18. The predicted molar refractivity (Wildman–Crippen MR) is 135 cm³/mol. The molecule has 0 spiro atoms. The number of hydrogen-bond donors (Lipinski definition) is 1. The molecule has 178 valence electrons. The van der Waals surface area contributed by atoms with Gasteiger partial charge in [0.1, 0.15) is 0 Å². The van der Waals surface area contributed by atoms with E-state index in [0.717, 1.165) is 32.4 Å². The summed E-state index contributed by atoms with van der Waals surface area (Å²) >= 11 is 6.27. The van der Waals surface area contributed by atoms with Crippen molar-refractivity contribution in [1.82, 2.24) is 14.0 Å². The number of halogens is 1. The van der Waals surface area contributed by atoms with Crippen molar-refractivity contribution in [1.29, 1.82) is 0 Å². The molecule has 7 nitrogen and oxygen atoms in total. The van der Waals surface area contributed by atoms with E-state index in [-0.39, 0.29) is 23.7 Å². The second kappa shape index (κ2) is 9.43. The number of carbonyl (C=O) groups is 2. The van der Waals surface area contributed by atoms with Crippen molar-refractivity contribution >= 4 is 34.5 Å². The fourth-order valence-corrected chi connectivity index (χ4v) is 4.82. The minimum Gasteiger partial charge on any atom is -0.478 e. The molecule has 2 heterocycles. The monoisotopic (exact) mass is 489 g/mol. The number of amides is 1. The van der Waals surface area contributed by atoms with E-state index in [2.05, 4.69) is 0 Å². The molecule has 1 N–H and O–H groups in total. The van der Waals surface area contributed by atoms with Gasteiger partial charge in [0.15, 0.2) is 0 Å². The Hall–Kier alpha value is -3.84. The minimum absolute atomic E-state index is 0.00684. The largest absolute Gasteiger partial charge is 0.478 e. The minimum atomic E-state index is -1.02. The molecule has 0 aliphatic carbocycles. The van der Waals surface area contributed by atoms with Gasteiger partial charge in [-0.15, -0.1) is 0 Å². The van der Waals surface area contributed by atoms with Crippen molar-refractivity contribution in [3.8, 4) is 5.69 Å². The third-order valence-electron chi connectivity index (χ3n) is 6.42. The van der Waals surface area contributed by atoms with Crippen molar-refractivity contribution < 1.29 is 14.7 Å². The lowest BCUT2D eigenvalue weighted by molar-refractivity contribution is 0.0694. The van der Waals surface area contributed by atoms with Crippen molar-refractivity contribution in [3.05, 3.63) is 98.9 Å². The van der Waals surface area contributed by atoms with Crippen LogP contribution in [0.4, 0.5) is 0 Å². The number of carboxylic acids is 1. The van der Waals surface area contributed by atoms with Crippen LogP contribution in [-0.4, -0.2) is 44.1 Å². The van der Waals surface area contributed by atoms with Crippen molar-refractivity contribution in [2.24, 2.45) is 0 Å². The van der Waals surface area contributed by atoms with E-state index in [0.29, 0.717) is 32.9 Å². The lowest BCUT2D eigenvalue weighted by Gasteiger charge is -2.26. The smallest absolute Gasteiger partial charge is 0.335 e. The molecule has 0 unspecified atom stereocenters. The first kappa shape index (κ1) is 22.9. The third kappa shape index (κ3) is 4.47. The molecule has 5 rings (SSSR count). The molecule has 4 aromatic rings. The summed E-state index contributed by atoms with van der Waals surface area (Å²) in [7, 11) is 0. The SMILES string of the molecule is O=C(O)c1cccc(Cn2c(=O)n(-c3ccc(C(=O)N4CCCCC4)cc3)c3cc(Cl)ccc32)c1. The first-order chi connectivity index (χ1) is 16.9. The lowest BCUT2D eigenvalue weighted by Crippen LogP contribution is -2.35. The van der Waals surface area contributed by atoms with E-state index in [1.807, 2.05) is 4.90 Å². The second-order valence-electron chi connectivity index (χ2n) is 8.74. The summed E-state index contributed by atoms with van der Waals surface area (Å²) in [6.07, 6.45) is 3.20. The van der Waals surface area contributed by atoms with E-state index >= 15 is 0 Å². The molecular weight excluding hydrogens is 466 g/mol. The maximum atomic E-state index is 13.6. The van der Waals surface area contributed by atoms with Crippen molar-refractivity contribution in [3.63, 3.8) is 0 Å². The highest BCUT2D eigenvalue weighted by molar-refractivity contribution is 6.31. The summed E-state index contributed by atoms with van der Waals surface area (Å²) in [5.74, 6) is -1.01. The van der Waals surface area contributed by atoms with Gasteiger partial charge in [0, 0.05) is 23.7 Å². The highest BCUT2D eigenvalue weighted by Crippen LogP contribution is 2.23. The molecule has 1 fully saturated rings. The number of carboxylic acid groups (broad SMARTS) is 1. The Kier molecular flexibility index (Phi) is 6.17. The van der Waals surface area contributed by atoms with Gasteiger partial charge in [-0.05, 0) is 79.4 Å². The standard InChI is InChI=1S/C27H24ClN3O4/c28-21-9-12-23-24(16-21)31(27(35)30(23)17-18-5-4-6-20(15-18)26(33)34)22-10-7-19(8-11-22)25(32)29-13-2-1-3-14-29/h4-12,15-16H,1-3,13-14,17H2,(H,33,34). The third-order valence-corrected chi connectivity index (χ3v) is 6.66. The summed E-state index contributed by atoms with van der Waals surface area (Å²) in [5.41, 5.74) is 3.10. The number of fused-ring (bicyclic) bond motifs is 1. The van der Waals surface area contributed by atoms with E-state index in [1.54, 1.807) is 69.8 Å². The fraction of sp³-hybridized carbons (Fsp3) is 0.222. The van der Waals surface area contributed by atoms with Crippen LogP contribution in [0.25, 0.3) is 16.7 Å². The normalized spacial score (nSPS) is 13.8. The number of carbonyl (C=O) groups excluding carboxylic acids is 1. The maximum Gasteiger partial charge on any atom is 0.335 e. The van der Waals surface area contributed by atoms with Gasteiger partial charge in [-0.3, -0.25) is 13.9 Å². The van der Waals surface area contributed by atoms with Crippen molar-refractivity contribution in [2.75, 3.05) is 13.1 Å². The molecule has 3 aromatic carbocycles. The predicted octanol–water partition coefficient (Wildman–Crippen LogP) is 4.82. The number of hydrogen-bond acceptors (Lipinski definition) is 3. The van der Waals surface area contributed by atoms with Gasteiger partial charge < -0.3 is 10.0 Å². The maximum absolute atomic E-state index is 13.6. The Balaban J connectivity index is 1.54. The van der Waals surface area contributed by atoms with Crippen LogP contribution in [0.2, 0.25) is 5.02 Å². The van der Waals surface area contributed by atoms with Crippen LogP contribution in [-0.2, 0) is 6.54 Å². The number of aromatic carboxylic acids is 1. The summed E-state index contributed by atoms with van der Waals surface area (Å²) < 4.78 is 3.16. The molecule has 1 aromatic heterocycles. The van der Waals surface area contributed by atoms with Gasteiger partial charge in [-0.1, -0.05) is 23.7 Å². The van der Waals surface area contributed by atoms with E-state index < -0.39 is 5.97 Å². The number of rotatable bonds is 5. The molecule has 0 atom stereocenters. The molecule has 1 aliphatic rings. The molecule has 0 bridgehead atoms. The Bertz CT molecular complexity index is 1480. The zero-order valence-corrected chi connectivity index (χ0v) is 19.7. The molecule has 1 saturated heterocycles. The van der Waals surface area contributed by atoms with Crippen LogP contribution >= 0.6 is 11.6 Å².